The highest BCUT2D eigenvalue weighted by Crippen LogP contribution is 2.64. The van der Waals surface area contributed by atoms with Gasteiger partial charge in [0.25, 0.3) is 5.91 Å². The Morgan fingerprint density at radius 3 is 2.21 bits per heavy atom. The summed E-state index contributed by atoms with van der Waals surface area (Å²) in [5, 5.41) is 2.02. The van der Waals surface area contributed by atoms with Gasteiger partial charge in [0.2, 0.25) is 0 Å². The topological polar surface area (TPSA) is 98.5 Å². The summed E-state index contributed by atoms with van der Waals surface area (Å²) >= 11 is 3.87. The van der Waals surface area contributed by atoms with Crippen LogP contribution in [0.3, 0.4) is 0 Å². The van der Waals surface area contributed by atoms with Crippen molar-refractivity contribution >= 4 is 33.8 Å². The van der Waals surface area contributed by atoms with Crippen LogP contribution in [0.2, 0.25) is 0 Å². The van der Waals surface area contributed by atoms with Crippen molar-refractivity contribution in [2.24, 2.45) is 28.9 Å². The molecule has 134 valence electrons. The zero-order valence-electron chi connectivity index (χ0n) is 14.1. The van der Waals surface area contributed by atoms with E-state index >= 15 is 0 Å². The van der Waals surface area contributed by atoms with Crippen LogP contribution in [0.4, 0.5) is 4.79 Å². The predicted octanol–water partition coefficient (Wildman–Crippen LogP) is 2.48. The van der Waals surface area contributed by atoms with Crippen LogP contribution in [-0.2, 0) is 14.3 Å². The molecule has 4 aliphatic rings. The second kappa shape index (κ2) is 6.00. The van der Waals surface area contributed by atoms with Gasteiger partial charge in [0.15, 0.2) is 6.10 Å². The molecular weight excluding hydrogens is 376 g/mol. The van der Waals surface area contributed by atoms with Gasteiger partial charge in [-0.1, -0.05) is 29.8 Å². The number of halogens is 1. The summed E-state index contributed by atoms with van der Waals surface area (Å²) < 4.78 is 5.67. The van der Waals surface area contributed by atoms with E-state index in [9.17, 15) is 14.4 Å². The number of hydrogen-bond donors (Lipinski definition) is 2. The molecule has 2 unspecified atom stereocenters. The lowest BCUT2D eigenvalue weighted by molar-refractivity contribution is -0.179. The number of hydrogen-bond acceptors (Lipinski definition) is 4. The smallest absolute Gasteiger partial charge is 0.318 e. The molecule has 0 aromatic heterocycles. The van der Waals surface area contributed by atoms with Gasteiger partial charge in [0, 0.05) is 4.32 Å². The van der Waals surface area contributed by atoms with Crippen LogP contribution in [0.1, 0.15) is 52.4 Å². The van der Waals surface area contributed by atoms with E-state index in [1.165, 1.54) is 6.42 Å². The third-order valence-corrected chi connectivity index (χ3v) is 6.69. The maximum Gasteiger partial charge on any atom is 0.318 e. The molecule has 4 rings (SSSR count). The summed E-state index contributed by atoms with van der Waals surface area (Å²) in [6, 6.07) is -0.934. The lowest BCUT2D eigenvalue weighted by Crippen LogP contribution is -2.57. The fourth-order valence-corrected chi connectivity index (χ4v) is 6.77. The molecule has 6 nitrogen and oxygen atoms in total. The van der Waals surface area contributed by atoms with Crippen LogP contribution < -0.4 is 11.1 Å². The molecule has 0 aliphatic heterocycles. The molecule has 24 heavy (non-hydrogen) atoms. The summed E-state index contributed by atoms with van der Waals surface area (Å²) in [6.07, 6.45) is 4.90. The summed E-state index contributed by atoms with van der Waals surface area (Å²) in [7, 11) is 0. The lowest BCUT2D eigenvalue weighted by atomic mass is 9.49. The van der Waals surface area contributed by atoms with Crippen molar-refractivity contribution in [3.05, 3.63) is 0 Å². The number of nitrogens with one attached hydrogen (secondary N) is 1. The minimum Gasteiger partial charge on any atom is -0.452 e. The number of alkyl halides is 1. The average molecular weight is 401 g/mol. The first-order chi connectivity index (χ1) is 11.1. The largest absolute Gasteiger partial charge is 0.452 e. The molecule has 0 radical (unpaired) electrons. The highest BCUT2D eigenvalue weighted by molar-refractivity contribution is 9.10. The van der Waals surface area contributed by atoms with Gasteiger partial charge in [-0.2, -0.15) is 0 Å². The third-order valence-electron chi connectivity index (χ3n) is 5.77. The van der Waals surface area contributed by atoms with E-state index in [1.807, 2.05) is 5.32 Å². The minimum atomic E-state index is -0.996. The maximum absolute atomic E-state index is 13.0. The number of amides is 3. The highest BCUT2D eigenvalue weighted by Gasteiger charge is 2.61. The number of nitrogens with two attached hydrogens (primary N) is 1. The molecule has 4 saturated carbocycles. The van der Waals surface area contributed by atoms with E-state index in [2.05, 4.69) is 15.9 Å². The van der Waals surface area contributed by atoms with Crippen LogP contribution in [0, 0.1) is 23.2 Å². The van der Waals surface area contributed by atoms with Crippen molar-refractivity contribution in [3.8, 4) is 0 Å². The maximum atomic E-state index is 13.0. The fourth-order valence-electron chi connectivity index (χ4n) is 5.31. The number of carbonyl (C=O) groups excluding carboxylic acids is 3. The molecule has 0 aromatic rings. The van der Waals surface area contributed by atoms with Gasteiger partial charge >= 0.3 is 12.0 Å². The summed E-state index contributed by atoms with van der Waals surface area (Å²) in [6.45, 7) is 3.56. The number of rotatable bonds is 4. The van der Waals surface area contributed by atoms with Crippen molar-refractivity contribution in [2.75, 3.05) is 0 Å². The van der Waals surface area contributed by atoms with Crippen molar-refractivity contribution in [3.63, 3.8) is 0 Å². The molecule has 3 N–H and O–H groups in total. The van der Waals surface area contributed by atoms with Gasteiger partial charge in [-0.25, -0.2) is 4.79 Å². The Labute approximate surface area is 150 Å². The molecular formula is C17H25BrN2O4. The molecule has 3 amide bonds. The lowest BCUT2D eigenvalue weighted by Gasteiger charge is -2.59. The molecule has 0 aromatic carbocycles. The van der Waals surface area contributed by atoms with Gasteiger partial charge in [-0.05, 0) is 56.3 Å². The van der Waals surface area contributed by atoms with E-state index in [4.69, 9.17) is 10.5 Å². The standard InChI is InChI=1S/C17H25BrN2O4/c1-9(2)12(13(21)20-15(19)23)24-14(22)16-4-10-3-11(5-16)7-17(18,6-10)8-16/h9-12H,3-8H2,1-2H3,(H3,19,20,21,23)/t10-,11+,12-,16?,17?/m1/s1. The SMILES string of the molecule is CC(C)[C@@H](OC(=O)C12C[C@@H]3C[C@@H](CC(Br)(C3)C1)C2)C(=O)NC(N)=O. The molecule has 0 spiro atoms. The highest BCUT2D eigenvalue weighted by atomic mass is 79.9. The first-order valence-corrected chi connectivity index (χ1v) is 9.42. The molecule has 0 heterocycles. The van der Waals surface area contributed by atoms with Crippen LogP contribution >= 0.6 is 15.9 Å². The minimum absolute atomic E-state index is 0.0406. The summed E-state index contributed by atoms with van der Waals surface area (Å²) in [4.78, 5) is 36.1. The van der Waals surface area contributed by atoms with Crippen molar-refractivity contribution in [1.82, 2.24) is 5.32 Å². The Kier molecular flexibility index (Phi) is 4.43. The number of ether oxygens (including phenoxy) is 1. The number of esters is 1. The Morgan fingerprint density at radius 1 is 1.17 bits per heavy atom. The zero-order chi connectivity index (χ0) is 17.7. The van der Waals surface area contributed by atoms with Gasteiger partial charge in [-0.15, -0.1) is 0 Å². The first-order valence-electron chi connectivity index (χ1n) is 8.63. The first kappa shape index (κ1) is 17.7. The van der Waals surface area contributed by atoms with Crippen LogP contribution in [0.5, 0.6) is 0 Å². The Hall–Kier alpha value is -1.11. The molecule has 7 heteroatoms. The third kappa shape index (κ3) is 3.19. The normalized spacial score (nSPS) is 38.0. The van der Waals surface area contributed by atoms with Gasteiger partial charge in [0.05, 0.1) is 5.41 Å². The van der Waals surface area contributed by atoms with Crippen LogP contribution in [0.25, 0.3) is 0 Å². The summed E-state index contributed by atoms with van der Waals surface area (Å²) in [5.74, 6) is -0.0757. The van der Waals surface area contributed by atoms with Crippen molar-refractivity contribution < 1.29 is 19.1 Å². The zero-order valence-corrected chi connectivity index (χ0v) is 15.7. The predicted molar refractivity (Wildman–Crippen MR) is 91.2 cm³/mol. The second-order valence-corrected chi connectivity index (χ2v) is 10.00. The number of primary amides is 1. The molecule has 4 aliphatic carbocycles. The second-order valence-electron chi connectivity index (χ2n) is 8.32. The van der Waals surface area contributed by atoms with Gasteiger partial charge in [-0.3, -0.25) is 14.9 Å². The van der Waals surface area contributed by atoms with Gasteiger partial charge in [0.1, 0.15) is 0 Å². The quantitative estimate of drug-likeness (QED) is 0.559. The Morgan fingerprint density at radius 2 is 1.75 bits per heavy atom. The van der Waals surface area contributed by atoms with Crippen LogP contribution in [-0.4, -0.2) is 28.3 Å². The van der Waals surface area contributed by atoms with Gasteiger partial charge < -0.3 is 10.5 Å². The van der Waals surface area contributed by atoms with Crippen molar-refractivity contribution in [1.29, 1.82) is 0 Å². The van der Waals surface area contributed by atoms with E-state index in [0.29, 0.717) is 11.8 Å². The average Bonchev–Trinajstić information content (AvgIpc) is 2.40. The fraction of sp³-hybridized carbons (Fsp3) is 0.824. The molecule has 5 atom stereocenters. The monoisotopic (exact) mass is 400 g/mol. The van der Waals surface area contributed by atoms with Crippen LogP contribution in [0.15, 0.2) is 0 Å². The Balaban J connectivity index is 1.76. The summed E-state index contributed by atoms with van der Waals surface area (Å²) in [5.41, 5.74) is 4.52. The Bertz CT molecular complexity index is 563. The number of imide groups is 1. The number of carbonyl (C=O) groups is 3. The molecule has 4 bridgehead atoms. The number of urea groups is 1. The molecule has 0 saturated heterocycles. The van der Waals surface area contributed by atoms with E-state index in [-0.39, 0.29) is 16.2 Å². The molecule has 4 fully saturated rings. The van der Waals surface area contributed by atoms with E-state index in [1.54, 1.807) is 13.8 Å². The van der Waals surface area contributed by atoms with E-state index < -0.39 is 23.5 Å². The van der Waals surface area contributed by atoms with Crippen molar-refractivity contribution in [2.45, 2.75) is 62.8 Å². The van der Waals surface area contributed by atoms with E-state index in [0.717, 1.165) is 32.1 Å².